The van der Waals surface area contributed by atoms with Crippen LogP contribution < -0.4 is 0 Å². The lowest BCUT2D eigenvalue weighted by Crippen LogP contribution is -2.35. The molecule has 0 aliphatic carbocycles. The van der Waals surface area contributed by atoms with Gasteiger partial charge in [-0.1, -0.05) is 6.92 Å². The van der Waals surface area contributed by atoms with Gasteiger partial charge in [0.05, 0.1) is 6.04 Å². The van der Waals surface area contributed by atoms with Crippen molar-refractivity contribution in [2.24, 2.45) is 0 Å². The van der Waals surface area contributed by atoms with Crippen molar-refractivity contribution in [3.05, 3.63) is 42.1 Å². The van der Waals surface area contributed by atoms with Crippen LogP contribution >= 0.6 is 0 Å². The van der Waals surface area contributed by atoms with Gasteiger partial charge in [0, 0.05) is 25.4 Å². The smallest absolute Gasteiger partial charge is 0.247 e. The predicted molar refractivity (Wildman–Crippen MR) is 78.7 cm³/mol. The highest BCUT2D eigenvalue weighted by molar-refractivity contribution is 5.80. The van der Waals surface area contributed by atoms with Crippen LogP contribution in [-0.2, 0) is 11.2 Å². The van der Waals surface area contributed by atoms with Gasteiger partial charge < -0.3 is 9.32 Å². The van der Waals surface area contributed by atoms with Crippen LogP contribution in [0.2, 0.25) is 0 Å². The number of nitrogens with zero attached hydrogens (tertiary/aromatic N) is 3. The van der Waals surface area contributed by atoms with Crippen molar-refractivity contribution in [1.82, 2.24) is 14.7 Å². The third kappa shape index (κ3) is 2.60. The molecule has 1 fully saturated rings. The van der Waals surface area contributed by atoms with Crippen molar-refractivity contribution in [3.63, 3.8) is 0 Å². The van der Waals surface area contributed by atoms with E-state index < -0.39 is 0 Å². The zero-order valence-electron chi connectivity index (χ0n) is 12.5. The minimum atomic E-state index is -0.277. The van der Waals surface area contributed by atoms with Gasteiger partial charge >= 0.3 is 0 Å². The lowest BCUT2D eigenvalue weighted by Gasteiger charge is -2.26. The minimum absolute atomic E-state index is 0.0656. The second kappa shape index (κ2) is 5.76. The second-order valence-electron chi connectivity index (χ2n) is 5.51. The maximum atomic E-state index is 12.7. The summed E-state index contributed by atoms with van der Waals surface area (Å²) in [4.78, 5) is 14.7. The van der Waals surface area contributed by atoms with E-state index in [1.165, 1.54) is 0 Å². The number of hydrogen-bond donors (Lipinski definition) is 0. The number of rotatable bonds is 4. The molecular formula is C16H21N3O2. The third-order valence-corrected chi connectivity index (χ3v) is 4.17. The Morgan fingerprint density at radius 1 is 1.52 bits per heavy atom. The molecule has 0 aromatic carbocycles. The van der Waals surface area contributed by atoms with Gasteiger partial charge in [-0.25, -0.2) is 0 Å². The minimum Gasteiger partial charge on any atom is -0.464 e. The number of aryl methyl sites for hydroxylation is 1. The second-order valence-corrected chi connectivity index (χ2v) is 5.51. The summed E-state index contributed by atoms with van der Waals surface area (Å²) in [5.74, 6) is 1.99. The number of amides is 1. The molecule has 0 bridgehead atoms. The van der Waals surface area contributed by atoms with Gasteiger partial charge in [0.2, 0.25) is 5.91 Å². The van der Waals surface area contributed by atoms with Gasteiger partial charge in [0.1, 0.15) is 17.6 Å². The molecule has 2 aromatic heterocycles. The van der Waals surface area contributed by atoms with Crippen LogP contribution in [0.3, 0.4) is 0 Å². The molecule has 5 nitrogen and oxygen atoms in total. The molecule has 1 amide bonds. The summed E-state index contributed by atoms with van der Waals surface area (Å²) in [6.45, 7) is 4.75. The van der Waals surface area contributed by atoms with Crippen LogP contribution in [0, 0.1) is 0 Å². The highest BCUT2D eigenvalue weighted by Gasteiger charge is 2.34. The first-order valence-electron chi connectivity index (χ1n) is 7.59. The summed E-state index contributed by atoms with van der Waals surface area (Å²) in [5, 5.41) is 4.17. The predicted octanol–water partition coefficient (Wildman–Crippen LogP) is 2.96. The maximum Gasteiger partial charge on any atom is 0.247 e. The quantitative estimate of drug-likeness (QED) is 0.868. The molecule has 3 rings (SSSR count). The molecule has 0 N–H and O–H groups in total. The van der Waals surface area contributed by atoms with Crippen LogP contribution in [0.15, 0.2) is 35.0 Å². The summed E-state index contributed by atoms with van der Waals surface area (Å²) in [7, 11) is 0. The molecule has 1 saturated heterocycles. The van der Waals surface area contributed by atoms with Crippen LogP contribution in [0.5, 0.6) is 0 Å². The molecule has 0 unspecified atom stereocenters. The first-order chi connectivity index (χ1) is 10.2. The van der Waals surface area contributed by atoms with Gasteiger partial charge in [-0.3, -0.25) is 9.48 Å². The van der Waals surface area contributed by atoms with Crippen LogP contribution in [0.25, 0.3) is 0 Å². The number of furan rings is 1. The van der Waals surface area contributed by atoms with E-state index in [0.29, 0.717) is 0 Å². The van der Waals surface area contributed by atoms with Crippen molar-refractivity contribution < 1.29 is 9.21 Å². The Hall–Kier alpha value is -2.04. The van der Waals surface area contributed by atoms with Crippen LogP contribution in [-0.4, -0.2) is 27.1 Å². The molecule has 1 aliphatic rings. The third-order valence-electron chi connectivity index (χ3n) is 4.17. The highest BCUT2D eigenvalue weighted by Crippen LogP contribution is 2.34. The molecule has 0 spiro atoms. The first-order valence-corrected chi connectivity index (χ1v) is 7.59. The maximum absolute atomic E-state index is 12.7. The van der Waals surface area contributed by atoms with E-state index in [1.54, 1.807) is 10.9 Å². The molecule has 2 aromatic rings. The van der Waals surface area contributed by atoms with Gasteiger partial charge in [0.25, 0.3) is 0 Å². The standard InChI is InChI=1S/C16H21N3O2/c1-3-13-7-8-15(21-13)14-6-4-10-18(14)16(20)12(2)19-11-5-9-17-19/h5,7-9,11-12,14H,3-4,6,10H2,1-2H3/t12-,14+/m0/s1. The van der Waals surface area contributed by atoms with E-state index in [1.807, 2.05) is 36.2 Å². The number of carbonyl (C=O) groups is 1. The van der Waals surface area contributed by atoms with Crippen molar-refractivity contribution in [2.75, 3.05) is 6.54 Å². The molecule has 112 valence electrons. The summed E-state index contributed by atoms with van der Waals surface area (Å²) in [6, 6.07) is 5.64. The van der Waals surface area contributed by atoms with Gasteiger partial charge in [-0.15, -0.1) is 0 Å². The summed E-state index contributed by atoms with van der Waals surface area (Å²) < 4.78 is 7.56. The van der Waals surface area contributed by atoms with Crippen molar-refractivity contribution in [2.45, 2.75) is 45.2 Å². The van der Waals surface area contributed by atoms with Crippen molar-refractivity contribution >= 4 is 5.91 Å². The monoisotopic (exact) mass is 287 g/mol. The Balaban J connectivity index is 1.78. The lowest BCUT2D eigenvalue weighted by molar-refractivity contribution is -0.135. The molecule has 1 aliphatic heterocycles. The molecule has 21 heavy (non-hydrogen) atoms. The molecule has 2 atom stereocenters. The fourth-order valence-electron chi connectivity index (χ4n) is 2.95. The van der Waals surface area contributed by atoms with E-state index in [0.717, 1.165) is 37.3 Å². The normalized spacial score (nSPS) is 19.9. The first kappa shape index (κ1) is 13.9. The Bertz CT molecular complexity index is 603. The fourth-order valence-corrected chi connectivity index (χ4v) is 2.95. The number of likely N-dealkylation sites (tertiary alicyclic amines) is 1. The lowest BCUT2D eigenvalue weighted by atomic mass is 10.1. The molecule has 0 radical (unpaired) electrons. The van der Waals surface area contributed by atoms with E-state index in [4.69, 9.17) is 4.42 Å². The van der Waals surface area contributed by atoms with E-state index >= 15 is 0 Å². The van der Waals surface area contributed by atoms with Crippen molar-refractivity contribution in [3.8, 4) is 0 Å². The Morgan fingerprint density at radius 3 is 3.05 bits per heavy atom. The van der Waals surface area contributed by atoms with Crippen LogP contribution in [0.1, 0.15) is 50.3 Å². The van der Waals surface area contributed by atoms with Gasteiger partial charge in [-0.05, 0) is 38.0 Å². The molecule has 5 heteroatoms. The number of hydrogen-bond acceptors (Lipinski definition) is 3. The average Bonchev–Trinajstić information content (AvgIpc) is 3.24. The molecule has 0 saturated carbocycles. The highest BCUT2D eigenvalue weighted by atomic mass is 16.3. The summed E-state index contributed by atoms with van der Waals surface area (Å²) in [5.41, 5.74) is 0. The van der Waals surface area contributed by atoms with E-state index in [9.17, 15) is 4.79 Å². The zero-order valence-corrected chi connectivity index (χ0v) is 12.5. The Labute approximate surface area is 124 Å². The number of aromatic nitrogens is 2. The SMILES string of the molecule is CCc1ccc([C@H]2CCCN2C(=O)[C@H](C)n2cccn2)o1. The fraction of sp³-hybridized carbons (Fsp3) is 0.500. The summed E-state index contributed by atoms with van der Waals surface area (Å²) in [6.07, 6.45) is 6.39. The molecule has 3 heterocycles. The van der Waals surface area contributed by atoms with Crippen molar-refractivity contribution in [1.29, 1.82) is 0 Å². The number of carbonyl (C=O) groups excluding carboxylic acids is 1. The largest absolute Gasteiger partial charge is 0.464 e. The van der Waals surface area contributed by atoms with Crippen LogP contribution in [0.4, 0.5) is 0 Å². The summed E-state index contributed by atoms with van der Waals surface area (Å²) >= 11 is 0. The topological polar surface area (TPSA) is 51.3 Å². The molecular weight excluding hydrogens is 266 g/mol. The van der Waals surface area contributed by atoms with E-state index in [2.05, 4.69) is 12.0 Å². The van der Waals surface area contributed by atoms with Gasteiger partial charge in [-0.2, -0.15) is 5.10 Å². The van der Waals surface area contributed by atoms with Gasteiger partial charge in [0.15, 0.2) is 0 Å². The average molecular weight is 287 g/mol. The Kier molecular flexibility index (Phi) is 3.82. The Morgan fingerprint density at radius 2 is 2.38 bits per heavy atom. The zero-order chi connectivity index (χ0) is 14.8. The van der Waals surface area contributed by atoms with E-state index in [-0.39, 0.29) is 18.0 Å².